The van der Waals surface area contributed by atoms with Crippen molar-refractivity contribution in [1.82, 2.24) is 0 Å². The number of benzene rings is 4. The summed E-state index contributed by atoms with van der Waals surface area (Å²) in [5.41, 5.74) is 1.24. The lowest BCUT2D eigenvalue weighted by Crippen LogP contribution is -2.35. The van der Waals surface area contributed by atoms with Gasteiger partial charge in [-0.3, -0.25) is 0 Å². The van der Waals surface area contributed by atoms with Crippen molar-refractivity contribution in [3.63, 3.8) is 0 Å². The third-order valence-electron chi connectivity index (χ3n) is 5.02. The second kappa shape index (κ2) is 7.16. The van der Waals surface area contributed by atoms with Crippen LogP contribution in [0, 0.1) is 0 Å². The molecule has 1 aromatic heterocycles. The molecule has 0 saturated heterocycles. The van der Waals surface area contributed by atoms with Gasteiger partial charge in [-0.05, 0) is 34.4 Å². The molecule has 5 aromatic rings. The monoisotopic (exact) mass is 362 g/mol. The first kappa shape index (κ1) is 16.5. The summed E-state index contributed by atoms with van der Waals surface area (Å²) in [5, 5.41) is 4.66. The van der Waals surface area contributed by atoms with Crippen molar-refractivity contribution in [3.8, 4) is 11.6 Å². The molecule has 0 radical (unpaired) electrons. The van der Waals surface area contributed by atoms with Crippen molar-refractivity contribution in [1.29, 1.82) is 0 Å². The summed E-state index contributed by atoms with van der Waals surface area (Å²) in [4.78, 5) is 0. The number of pyridine rings is 1. The zero-order valence-electron chi connectivity index (χ0n) is 15.5. The van der Waals surface area contributed by atoms with E-state index in [9.17, 15) is 0 Å². The van der Waals surface area contributed by atoms with E-state index >= 15 is 0 Å². The molecule has 0 spiro atoms. The van der Waals surface area contributed by atoms with Gasteiger partial charge >= 0.3 is 5.88 Å². The van der Waals surface area contributed by atoms with Crippen molar-refractivity contribution < 1.29 is 9.30 Å². The molecular formula is C26H20NO+. The predicted molar refractivity (Wildman–Crippen MR) is 114 cm³/mol. The van der Waals surface area contributed by atoms with Gasteiger partial charge in [0.2, 0.25) is 0 Å². The van der Waals surface area contributed by atoms with E-state index in [4.69, 9.17) is 4.74 Å². The SMILES string of the molecule is c1ccc(C[n+]2ccc3ccccc3c2Oc2ccc3ccccc3c2)cc1. The van der Waals surface area contributed by atoms with Gasteiger partial charge in [0.25, 0.3) is 0 Å². The van der Waals surface area contributed by atoms with Gasteiger partial charge in [0.15, 0.2) is 12.7 Å². The second-order valence-electron chi connectivity index (χ2n) is 6.93. The number of aromatic nitrogens is 1. The Labute approximate surface area is 164 Å². The number of nitrogens with zero attached hydrogens (tertiary/aromatic N) is 1. The van der Waals surface area contributed by atoms with E-state index in [1.165, 1.54) is 21.7 Å². The number of hydrogen-bond donors (Lipinski definition) is 0. The van der Waals surface area contributed by atoms with Crippen molar-refractivity contribution in [2.75, 3.05) is 0 Å². The van der Waals surface area contributed by atoms with Gasteiger partial charge in [-0.2, -0.15) is 4.57 Å². The number of hydrogen-bond acceptors (Lipinski definition) is 1. The van der Waals surface area contributed by atoms with Crippen molar-refractivity contribution in [2.45, 2.75) is 6.54 Å². The zero-order chi connectivity index (χ0) is 18.8. The first-order chi connectivity index (χ1) is 13.9. The van der Waals surface area contributed by atoms with Gasteiger partial charge < -0.3 is 4.74 Å². The third kappa shape index (κ3) is 3.21. The summed E-state index contributed by atoms with van der Waals surface area (Å²) >= 11 is 0. The van der Waals surface area contributed by atoms with Crippen LogP contribution < -0.4 is 9.30 Å². The Morgan fingerprint density at radius 1 is 0.607 bits per heavy atom. The molecule has 0 N–H and O–H groups in total. The van der Waals surface area contributed by atoms with E-state index in [-0.39, 0.29) is 0 Å². The summed E-state index contributed by atoms with van der Waals surface area (Å²) < 4.78 is 8.64. The maximum atomic E-state index is 6.47. The molecular weight excluding hydrogens is 342 g/mol. The lowest BCUT2D eigenvalue weighted by Gasteiger charge is -2.10. The highest BCUT2D eigenvalue weighted by Crippen LogP contribution is 2.29. The zero-order valence-corrected chi connectivity index (χ0v) is 15.5. The first-order valence-corrected chi connectivity index (χ1v) is 9.49. The fourth-order valence-electron chi connectivity index (χ4n) is 3.59. The summed E-state index contributed by atoms with van der Waals surface area (Å²) in [5.74, 6) is 1.70. The molecule has 0 bridgehead atoms. The molecule has 0 aliphatic carbocycles. The quantitative estimate of drug-likeness (QED) is 0.351. The van der Waals surface area contributed by atoms with Crippen LogP contribution in [0.4, 0.5) is 0 Å². The van der Waals surface area contributed by atoms with Crippen LogP contribution >= 0.6 is 0 Å². The van der Waals surface area contributed by atoms with Gasteiger partial charge in [-0.1, -0.05) is 78.9 Å². The summed E-state index contributed by atoms with van der Waals surface area (Å²) in [6, 6.07) is 35.6. The maximum Gasteiger partial charge on any atom is 0.381 e. The van der Waals surface area contributed by atoms with E-state index < -0.39 is 0 Å². The lowest BCUT2D eigenvalue weighted by molar-refractivity contribution is -0.691. The molecule has 2 nitrogen and oxygen atoms in total. The molecule has 0 atom stereocenters. The second-order valence-corrected chi connectivity index (χ2v) is 6.93. The molecule has 0 aliphatic heterocycles. The number of ether oxygens (including phenoxy) is 1. The van der Waals surface area contributed by atoms with Crippen LogP contribution in [0.3, 0.4) is 0 Å². The van der Waals surface area contributed by atoms with Crippen LogP contribution in [0.25, 0.3) is 21.5 Å². The lowest BCUT2D eigenvalue weighted by atomic mass is 10.1. The molecule has 0 saturated carbocycles. The van der Waals surface area contributed by atoms with Crippen LogP contribution in [0.5, 0.6) is 11.6 Å². The summed E-state index contributed by atoms with van der Waals surface area (Å²) in [6.45, 7) is 0.759. The fourth-order valence-corrected chi connectivity index (χ4v) is 3.59. The molecule has 134 valence electrons. The van der Waals surface area contributed by atoms with Crippen LogP contribution in [0.15, 0.2) is 109 Å². The van der Waals surface area contributed by atoms with Gasteiger partial charge in [0.1, 0.15) is 5.75 Å². The summed E-state index contributed by atoms with van der Waals surface area (Å²) in [6.07, 6.45) is 2.10. The molecule has 0 amide bonds. The molecule has 0 fully saturated rings. The van der Waals surface area contributed by atoms with E-state index in [0.29, 0.717) is 0 Å². The highest BCUT2D eigenvalue weighted by molar-refractivity contribution is 5.86. The Morgan fingerprint density at radius 3 is 2.18 bits per heavy atom. The molecule has 5 rings (SSSR count). The third-order valence-corrected chi connectivity index (χ3v) is 5.02. The predicted octanol–water partition coefficient (Wildman–Crippen LogP) is 6.12. The summed E-state index contributed by atoms with van der Waals surface area (Å²) in [7, 11) is 0. The minimum absolute atomic E-state index is 0.759. The largest absolute Gasteiger partial charge is 0.405 e. The minimum atomic E-state index is 0.759. The highest BCUT2D eigenvalue weighted by Gasteiger charge is 2.18. The fraction of sp³-hybridized carbons (Fsp3) is 0.0385. The van der Waals surface area contributed by atoms with E-state index in [0.717, 1.165) is 23.6 Å². The molecule has 2 heteroatoms. The smallest absolute Gasteiger partial charge is 0.381 e. The van der Waals surface area contributed by atoms with Crippen LogP contribution in [-0.2, 0) is 6.54 Å². The van der Waals surface area contributed by atoms with E-state index in [1.807, 2.05) is 12.1 Å². The Morgan fingerprint density at radius 2 is 1.32 bits per heavy atom. The Bertz CT molecular complexity index is 1260. The van der Waals surface area contributed by atoms with Gasteiger partial charge in [-0.25, -0.2) is 0 Å². The Balaban J connectivity index is 1.61. The van der Waals surface area contributed by atoms with Crippen LogP contribution in [-0.4, -0.2) is 0 Å². The average Bonchev–Trinajstić information content (AvgIpc) is 2.76. The van der Waals surface area contributed by atoms with Crippen LogP contribution in [0.2, 0.25) is 0 Å². The van der Waals surface area contributed by atoms with Gasteiger partial charge in [-0.15, -0.1) is 0 Å². The van der Waals surface area contributed by atoms with Crippen molar-refractivity contribution in [3.05, 3.63) is 115 Å². The number of fused-ring (bicyclic) bond motifs is 2. The van der Waals surface area contributed by atoms with E-state index in [1.54, 1.807) is 0 Å². The minimum Gasteiger partial charge on any atom is -0.405 e. The Hall–Kier alpha value is -3.65. The molecule has 0 unspecified atom stereocenters. The molecule has 4 aromatic carbocycles. The van der Waals surface area contributed by atoms with Gasteiger partial charge in [0, 0.05) is 11.6 Å². The standard InChI is InChI=1S/C26H20NO/c1-2-8-20(9-3-1)19-27-17-16-22-11-6-7-13-25(22)26(27)28-24-15-14-21-10-4-5-12-23(21)18-24/h1-18H,19H2/q+1. The maximum absolute atomic E-state index is 6.47. The van der Waals surface area contributed by atoms with Crippen molar-refractivity contribution in [2.24, 2.45) is 0 Å². The molecule has 0 aliphatic rings. The van der Waals surface area contributed by atoms with E-state index in [2.05, 4.69) is 102 Å². The normalized spacial score (nSPS) is 11.0. The van der Waals surface area contributed by atoms with Crippen LogP contribution in [0.1, 0.15) is 5.56 Å². The Kier molecular flexibility index (Phi) is 4.23. The molecule has 28 heavy (non-hydrogen) atoms. The topological polar surface area (TPSA) is 13.1 Å². The van der Waals surface area contributed by atoms with Crippen molar-refractivity contribution >= 4 is 21.5 Å². The highest BCUT2D eigenvalue weighted by atomic mass is 16.5. The molecule has 1 heterocycles. The number of rotatable bonds is 4. The first-order valence-electron chi connectivity index (χ1n) is 9.49. The average molecular weight is 362 g/mol. The van der Waals surface area contributed by atoms with Gasteiger partial charge in [0.05, 0.1) is 5.39 Å².